The maximum atomic E-state index is 12.5. The minimum absolute atomic E-state index is 0.148. The molecule has 2 N–H and O–H groups in total. The molecule has 0 saturated carbocycles. The van der Waals surface area contributed by atoms with Gasteiger partial charge in [0, 0.05) is 32.1 Å². The first-order valence-corrected chi connectivity index (χ1v) is 7.92. The lowest BCUT2D eigenvalue weighted by Crippen LogP contribution is -2.34. The molecule has 0 aliphatic carbocycles. The highest BCUT2D eigenvalue weighted by molar-refractivity contribution is 7.89. The summed E-state index contributed by atoms with van der Waals surface area (Å²) in [5.74, 6) is 0. The minimum atomic E-state index is -3.49. The number of nitrogens with two attached hydrogens (primary N) is 1. The van der Waals surface area contributed by atoms with Gasteiger partial charge in [0.15, 0.2) is 0 Å². The maximum absolute atomic E-state index is 12.5. The summed E-state index contributed by atoms with van der Waals surface area (Å²) < 4.78 is 31.3. The van der Waals surface area contributed by atoms with Crippen molar-refractivity contribution in [3.8, 4) is 0 Å². The van der Waals surface area contributed by atoms with Crippen LogP contribution < -0.4 is 5.73 Å². The van der Waals surface area contributed by atoms with Crippen molar-refractivity contribution >= 4 is 21.4 Å². The summed E-state index contributed by atoms with van der Waals surface area (Å²) in [6.45, 7) is 4.17. The van der Waals surface area contributed by atoms with Crippen molar-refractivity contribution in [1.82, 2.24) is 4.31 Å². The van der Waals surface area contributed by atoms with Crippen molar-refractivity contribution in [1.29, 1.82) is 0 Å². The van der Waals surface area contributed by atoms with Gasteiger partial charge in [0.2, 0.25) is 10.0 Å². The van der Waals surface area contributed by atoms with Crippen LogP contribution in [0.25, 0.3) is 0 Å². The molecule has 5 nitrogen and oxygen atoms in total. The Bertz CT molecular complexity index is 496. The molecule has 18 heavy (non-hydrogen) atoms. The van der Waals surface area contributed by atoms with Crippen LogP contribution in [0.3, 0.4) is 0 Å². The Morgan fingerprint density at radius 3 is 2.67 bits per heavy atom. The molecule has 1 heterocycles. The Labute approximate surface area is 113 Å². The van der Waals surface area contributed by atoms with Gasteiger partial charge in [-0.15, -0.1) is 11.3 Å². The maximum Gasteiger partial charge on any atom is 0.244 e. The number of aryl methyl sites for hydroxylation is 1. The fraction of sp³-hybridized carbons (Fsp3) is 0.636. The van der Waals surface area contributed by atoms with Gasteiger partial charge >= 0.3 is 0 Å². The summed E-state index contributed by atoms with van der Waals surface area (Å²) in [6.07, 6.45) is -0.148. The van der Waals surface area contributed by atoms with E-state index < -0.39 is 10.0 Å². The van der Waals surface area contributed by atoms with Crippen molar-refractivity contribution in [2.45, 2.75) is 31.4 Å². The molecule has 0 spiro atoms. The van der Waals surface area contributed by atoms with Gasteiger partial charge in [0.1, 0.15) is 4.90 Å². The van der Waals surface area contributed by atoms with Crippen LogP contribution in [0.15, 0.2) is 10.3 Å². The van der Waals surface area contributed by atoms with Gasteiger partial charge in [-0.3, -0.25) is 0 Å². The van der Waals surface area contributed by atoms with Crippen molar-refractivity contribution in [2.24, 2.45) is 5.73 Å². The van der Waals surface area contributed by atoms with Gasteiger partial charge in [-0.05, 0) is 24.8 Å². The van der Waals surface area contributed by atoms with Crippen LogP contribution in [-0.2, 0) is 21.3 Å². The molecule has 0 aliphatic heterocycles. The molecule has 104 valence electrons. The first-order chi connectivity index (χ1) is 8.34. The number of hydrogen-bond acceptors (Lipinski definition) is 5. The summed E-state index contributed by atoms with van der Waals surface area (Å²) >= 11 is 1.38. The number of thiophene rings is 1. The highest BCUT2D eigenvalue weighted by Crippen LogP contribution is 2.28. The second-order valence-corrected chi connectivity index (χ2v) is 7.15. The third-order valence-electron chi connectivity index (χ3n) is 2.76. The third kappa shape index (κ3) is 3.10. The second kappa shape index (κ2) is 6.12. The Hall–Kier alpha value is -0.470. The van der Waals surface area contributed by atoms with E-state index in [1.165, 1.54) is 15.6 Å². The van der Waals surface area contributed by atoms with Crippen LogP contribution in [-0.4, -0.2) is 39.5 Å². The van der Waals surface area contributed by atoms with Gasteiger partial charge in [0.05, 0.1) is 6.10 Å². The predicted molar refractivity (Wildman–Crippen MR) is 73.2 cm³/mol. The number of ether oxygens (including phenoxy) is 1. The molecule has 1 aromatic rings. The molecular weight excluding hydrogens is 272 g/mol. The van der Waals surface area contributed by atoms with Gasteiger partial charge < -0.3 is 10.5 Å². The first kappa shape index (κ1) is 15.6. The fourth-order valence-electron chi connectivity index (χ4n) is 1.67. The van der Waals surface area contributed by atoms with Crippen LogP contribution in [0.1, 0.15) is 17.4 Å². The Kier molecular flexibility index (Phi) is 5.30. The van der Waals surface area contributed by atoms with Crippen molar-refractivity contribution in [3.05, 3.63) is 15.8 Å². The van der Waals surface area contributed by atoms with Crippen LogP contribution in [0.4, 0.5) is 0 Å². The molecule has 1 unspecified atom stereocenters. The molecule has 1 aromatic heterocycles. The molecule has 7 heteroatoms. The van der Waals surface area contributed by atoms with Gasteiger partial charge in [-0.1, -0.05) is 0 Å². The van der Waals surface area contributed by atoms with Gasteiger partial charge in [-0.2, -0.15) is 4.31 Å². The van der Waals surface area contributed by atoms with E-state index in [0.717, 1.165) is 5.56 Å². The fourth-order valence-corrected chi connectivity index (χ4v) is 4.56. The topological polar surface area (TPSA) is 72.6 Å². The summed E-state index contributed by atoms with van der Waals surface area (Å²) in [4.78, 5) is 1.05. The molecule has 0 saturated heterocycles. The van der Waals surface area contributed by atoms with E-state index in [2.05, 4.69) is 0 Å². The lowest BCUT2D eigenvalue weighted by molar-refractivity contribution is 0.104. The van der Waals surface area contributed by atoms with E-state index in [-0.39, 0.29) is 12.6 Å². The Morgan fingerprint density at radius 1 is 1.56 bits per heavy atom. The van der Waals surface area contributed by atoms with E-state index in [1.54, 1.807) is 21.1 Å². The first-order valence-electron chi connectivity index (χ1n) is 5.60. The normalized spacial score (nSPS) is 14.1. The molecular formula is C11H20N2O3S2. The molecule has 0 amide bonds. The zero-order valence-electron chi connectivity index (χ0n) is 11.1. The molecule has 0 fully saturated rings. The lowest BCUT2D eigenvalue weighted by atomic mass is 10.3. The van der Waals surface area contributed by atoms with Crippen LogP contribution in [0.5, 0.6) is 0 Å². The van der Waals surface area contributed by atoms with Crippen LogP contribution >= 0.6 is 11.3 Å². The smallest absolute Gasteiger partial charge is 0.244 e. The quantitative estimate of drug-likeness (QED) is 0.854. The average Bonchev–Trinajstić information content (AvgIpc) is 2.70. The van der Waals surface area contributed by atoms with Gasteiger partial charge in [-0.25, -0.2) is 8.42 Å². The zero-order chi connectivity index (χ0) is 13.9. The lowest BCUT2D eigenvalue weighted by Gasteiger charge is -2.21. The van der Waals surface area contributed by atoms with Crippen molar-refractivity contribution in [3.63, 3.8) is 0 Å². The zero-order valence-corrected chi connectivity index (χ0v) is 12.8. The molecule has 0 bridgehead atoms. The van der Waals surface area contributed by atoms with Crippen LogP contribution in [0.2, 0.25) is 0 Å². The Morgan fingerprint density at radius 2 is 2.17 bits per heavy atom. The minimum Gasteiger partial charge on any atom is -0.380 e. The van der Waals surface area contributed by atoms with E-state index in [9.17, 15) is 8.42 Å². The van der Waals surface area contributed by atoms with Gasteiger partial charge in [0.25, 0.3) is 0 Å². The number of likely N-dealkylation sites (N-methyl/N-ethyl adjacent to an activating group) is 1. The average molecular weight is 292 g/mol. The van der Waals surface area contributed by atoms with Crippen molar-refractivity contribution < 1.29 is 13.2 Å². The number of sulfonamides is 1. The summed E-state index contributed by atoms with van der Waals surface area (Å²) in [6, 6.07) is 0. The van der Waals surface area contributed by atoms with E-state index in [0.29, 0.717) is 16.3 Å². The predicted octanol–water partition coefficient (Wildman–Crippen LogP) is 1.17. The number of nitrogens with zero attached hydrogens (tertiary/aromatic N) is 1. The number of hydrogen-bond donors (Lipinski definition) is 1. The van der Waals surface area contributed by atoms with E-state index >= 15 is 0 Å². The molecule has 0 radical (unpaired) electrons. The summed E-state index contributed by atoms with van der Waals surface area (Å²) in [7, 11) is -0.371. The summed E-state index contributed by atoms with van der Waals surface area (Å²) in [5, 5.41) is 1.82. The molecule has 0 aromatic carbocycles. The molecule has 1 atom stereocenters. The molecule has 0 aliphatic rings. The van der Waals surface area contributed by atoms with Crippen LogP contribution in [0, 0.1) is 6.92 Å². The Balaban J connectivity index is 3.09. The number of methoxy groups -OCH3 is 1. The third-order valence-corrected chi connectivity index (χ3v) is 6.07. The SMILES string of the molecule is COC(C)CN(C)S(=O)(=O)c1c(C)csc1CN. The highest BCUT2D eigenvalue weighted by atomic mass is 32.2. The second-order valence-electron chi connectivity index (χ2n) is 4.21. The largest absolute Gasteiger partial charge is 0.380 e. The van der Waals surface area contributed by atoms with E-state index in [4.69, 9.17) is 10.5 Å². The number of rotatable bonds is 6. The highest BCUT2D eigenvalue weighted by Gasteiger charge is 2.27. The molecule has 1 rings (SSSR count). The van der Waals surface area contributed by atoms with E-state index in [1.807, 2.05) is 12.3 Å². The monoisotopic (exact) mass is 292 g/mol. The van der Waals surface area contributed by atoms with Crippen molar-refractivity contribution in [2.75, 3.05) is 20.7 Å². The summed E-state index contributed by atoms with van der Waals surface area (Å²) in [5.41, 5.74) is 6.34. The standard InChI is InChI=1S/C11H20N2O3S2/c1-8-7-17-10(5-12)11(8)18(14,15)13(3)6-9(2)16-4/h7,9H,5-6,12H2,1-4H3.